The normalized spacial score (nSPS) is 11.5. The molecule has 0 N–H and O–H groups in total. The largest absolute Gasteiger partial charge is 0.0616 e. The van der Waals surface area contributed by atoms with E-state index in [9.17, 15) is 0 Å². The smallest absolute Gasteiger partial charge is 0.00928 e. The molecule has 0 unspecified atom stereocenters. The van der Waals surface area contributed by atoms with E-state index in [2.05, 4.69) is 98.8 Å². The van der Waals surface area contributed by atoms with Crippen molar-refractivity contribution in [1.29, 1.82) is 0 Å². The number of rotatable bonds is 1. The highest BCUT2D eigenvalue weighted by Crippen LogP contribution is 2.37. The summed E-state index contributed by atoms with van der Waals surface area (Å²) in [5, 5.41) is 8.00. The van der Waals surface area contributed by atoms with Gasteiger partial charge in [-0.15, -0.1) is 0 Å². The first-order valence-corrected chi connectivity index (χ1v) is 9.12. The molecule has 0 nitrogen and oxygen atoms in total. The van der Waals surface area contributed by atoms with E-state index in [4.69, 9.17) is 0 Å². The molecule has 0 aromatic heterocycles. The molecule has 0 atom stereocenters. The Morgan fingerprint density at radius 3 is 1.58 bits per heavy atom. The van der Waals surface area contributed by atoms with Crippen LogP contribution in [0.2, 0.25) is 0 Å². The predicted octanol–water partition coefficient (Wildman–Crippen LogP) is 7.43. The van der Waals surface area contributed by atoms with Crippen LogP contribution in [-0.4, -0.2) is 0 Å². The molecule has 0 aliphatic carbocycles. The first-order valence-electron chi connectivity index (χ1n) is 9.12. The lowest BCUT2D eigenvalue weighted by Crippen LogP contribution is -1.86. The van der Waals surface area contributed by atoms with Gasteiger partial charge in [-0.2, -0.15) is 0 Å². The Morgan fingerprint density at radius 2 is 0.885 bits per heavy atom. The third-order valence-corrected chi connectivity index (χ3v) is 5.38. The zero-order chi connectivity index (χ0) is 17.7. The first kappa shape index (κ1) is 15.2. The molecule has 0 fully saturated rings. The van der Waals surface area contributed by atoms with Gasteiger partial charge in [0.25, 0.3) is 0 Å². The van der Waals surface area contributed by atoms with Gasteiger partial charge < -0.3 is 0 Å². The van der Waals surface area contributed by atoms with Crippen LogP contribution in [0.5, 0.6) is 0 Å². The van der Waals surface area contributed by atoms with Crippen LogP contribution in [0.4, 0.5) is 0 Å². The molecule has 0 aliphatic heterocycles. The third-order valence-electron chi connectivity index (χ3n) is 5.38. The lowest BCUT2D eigenvalue weighted by molar-refractivity contribution is 1.47. The number of hydrogen-bond acceptors (Lipinski definition) is 0. The van der Waals surface area contributed by atoms with E-state index in [0.29, 0.717) is 0 Å². The Bertz CT molecular complexity index is 1250. The van der Waals surface area contributed by atoms with Gasteiger partial charge in [-0.1, -0.05) is 90.0 Å². The second kappa shape index (κ2) is 5.71. The van der Waals surface area contributed by atoms with Gasteiger partial charge in [0, 0.05) is 0 Å². The summed E-state index contributed by atoms with van der Waals surface area (Å²) in [4.78, 5) is 0. The van der Waals surface area contributed by atoms with Crippen LogP contribution in [0.3, 0.4) is 0 Å². The molecule has 0 saturated heterocycles. The molecule has 124 valence electrons. The van der Waals surface area contributed by atoms with Crippen LogP contribution in [0.1, 0.15) is 11.1 Å². The molecule has 26 heavy (non-hydrogen) atoms. The fraction of sp³-hybridized carbons (Fsp3) is 0.0769. The van der Waals surface area contributed by atoms with Crippen molar-refractivity contribution < 1.29 is 0 Å². The number of aryl methyl sites for hydroxylation is 2. The lowest BCUT2D eigenvalue weighted by atomic mass is 9.91. The Morgan fingerprint density at radius 1 is 0.385 bits per heavy atom. The number of fused-ring (bicyclic) bond motifs is 6. The van der Waals surface area contributed by atoms with Crippen molar-refractivity contribution in [3.63, 3.8) is 0 Å². The molecule has 5 aromatic rings. The minimum absolute atomic E-state index is 1.27. The van der Waals surface area contributed by atoms with Crippen molar-refractivity contribution in [2.45, 2.75) is 13.8 Å². The average molecular weight is 332 g/mol. The fourth-order valence-corrected chi connectivity index (χ4v) is 4.00. The highest BCUT2D eigenvalue weighted by molar-refractivity contribution is 6.25. The van der Waals surface area contributed by atoms with Gasteiger partial charge >= 0.3 is 0 Å². The third kappa shape index (κ3) is 2.30. The molecular formula is C26H20. The molecule has 0 heteroatoms. The monoisotopic (exact) mass is 332 g/mol. The Balaban J connectivity index is 1.91. The Labute approximate surface area is 153 Å². The van der Waals surface area contributed by atoms with Crippen LogP contribution >= 0.6 is 0 Å². The Kier molecular flexibility index (Phi) is 3.33. The minimum atomic E-state index is 1.27. The van der Waals surface area contributed by atoms with E-state index < -0.39 is 0 Å². The molecule has 0 amide bonds. The zero-order valence-corrected chi connectivity index (χ0v) is 15.1. The van der Waals surface area contributed by atoms with Crippen molar-refractivity contribution >= 4 is 32.3 Å². The van der Waals surface area contributed by atoms with E-state index in [1.165, 1.54) is 54.6 Å². The lowest BCUT2D eigenvalue weighted by Gasteiger charge is -2.12. The van der Waals surface area contributed by atoms with Gasteiger partial charge in [-0.05, 0) is 63.4 Å². The molecule has 0 bridgehead atoms. The average Bonchev–Trinajstić information content (AvgIpc) is 2.68. The van der Waals surface area contributed by atoms with Crippen molar-refractivity contribution in [2.24, 2.45) is 0 Å². The van der Waals surface area contributed by atoms with E-state index in [0.717, 1.165) is 0 Å². The summed E-state index contributed by atoms with van der Waals surface area (Å²) in [6, 6.07) is 31.2. The van der Waals surface area contributed by atoms with Gasteiger partial charge in [0.1, 0.15) is 0 Å². The molecule has 0 saturated carbocycles. The van der Waals surface area contributed by atoms with Crippen molar-refractivity contribution in [1.82, 2.24) is 0 Å². The maximum absolute atomic E-state index is 2.35. The molecular weight excluding hydrogens is 312 g/mol. The SMILES string of the molecule is Cc1ccc(-c2ccc3c4ccc(C)cc4c4ccccc4c3c2)cc1. The van der Waals surface area contributed by atoms with Crippen molar-refractivity contribution in [3.8, 4) is 11.1 Å². The van der Waals surface area contributed by atoms with Crippen LogP contribution < -0.4 is 0 Å². The highest BCUT2D eigenvalue weighted by atomic mass is 14.1. The maximum atomic E-state index is 2.35. The highest BCUT2D eigenvalue weighted by Gasteiger charge is 2.09. The summed E-state index contributed by atoms with van der Waals surface area (Å²) >= 11 is 0. The quantitative estimate of drug-likeness (QED) is 0.280. The minimum Gasteiger partial charge on any atom is -0.0616 e. The first-order chi connectivity index (χ1) is 12.7. The standard InChI is InChI=1S/C26H20/c1-17-7-10-19(11-8-17)20-12-14-24-23-13-9-18(2)15-25(23)21-5-3-4-6-22(21)26(24)16-20/h3-16H,1-2H3. The van der Waals surface area contributed by atoms with Gasteiger partial charge in [-0.3, -0.25) is 0 Å². The molecule has 0 aliphatic rings. The van der Waals surface area contributed by atoms with E-state index in [1.807, 2.05) is 0 Å². The van der Waals surface area contributed by atoms with Gasteiger partial charge in [0.2, 0.25) is 0 Å². The van der Waals surface area contributed by atoms with Crippen LogP contribution in [-0.2, 0) is 0 Å². The predicted molar refractivity (Wildman–Crippen MR) is 114 cm³/mol. The second-order valence-electron chi connectivity index (χ2n) is 7.22. The summed E-state index contributed by atoms with van der Waals surface area (Å²) < 4.78 is 0. The molecule has 5 rings (SSSR count). The number of hydrogen-bond donors (Lipinski definition) is 0. The van der Waals surface area contributed by atoms with Crippen molar-refractivity contribution in [3.05, 3.63) is 96.1 Å². The van der Waals surface area contributed by atoms with Gasteiger partial charge in [0.15, 0.2) is 0 Å². The summed E-state index contributed by atoms with van der Waals surface area (Å²) in [5.74, 6) is 0. The molecule has 0 radical (unpaired) electrons. The second-order valence-corrected chi connectivity index (χ2v) is 7.22. The van der Waals surface area contributed by atoms with Crippen LogP contribution in [0, 0.1) is 13.8 Å². The van der Waals surface area contributed by atoms with Gasteiger partial charge in [0.05, 0.1) is 0 Å². The van der Waals surface area contributed by atoms with Crippen LogP contribution in [0.15, 0.2) is 84.9 Å². The molecule has 5 aromatic carbocycles. The van der Waals surface area contributed by atoms with Crippen LogP contribution in [0.25, 0.3) is 43.4 Å². The molecule has 0 spiro atoms. The maximum Gasteiger partial charge on any atom is -0.00928 e. The van der Waals surface area contributed by atoms with Crippen molar-refractivity contribution in [2.75, 3.05) is 0 Å². The zero-order valence-electron chi connectivity index (χ0n) is 15.1. The van der Waals surface area contributed by atoms with E-state index in [-0.39, 0.29) is 0 Å². The van der Waals surface area contributed by atoms with E-state index >= 15 is 0 Å². The Hall–Kier alpha value is -3.12. The summed E-state index contributed by atoms with van der Waals surface area (Å²) in [5.41, 5.74) is 5.14. The van der Waals surface area contributed by atoms with Gasteiger partial charge in [-0.25, -0.2) is 0 Å². The van der Waals surface area contributed by atoms with E-state index in [1.54, 1.807) is 0 Å². The summed E-state index contributed by atoms with van der Waals surface area (Å²) in [7, 11) is 0. The topological polar surface area (TPSA) is 0 Å². The summed E-state index contributed by atoms with van der Waals surface area (Å²) in [6.45, 7) is 4.30. The summed E-state index contributed by atoms with van der Waals surface area (Å²) in [6.07, 6.45) is 0. The molecule has 0 heterocycles. The number of benzene rings is 5. The fourth-order valence-electron chi connectivity index (χ4n) is 4.00.